The molecule has 1 aromatic carbocycles. The van der Waals surface area contributed by atoms with Crippen LogP contribution < -0.4 is 26.8 Å². The molecule has 8 N–H and O–H groups in total. The maximum Gasteiger partial charge on any atom is 0.280 e. The topological polar surface area (TPSA) is 181 Å². The van der Waals surface area contributed by atoms with E-state index in [4.69, 9.17) is 32.9 Å². The Bertz CT molecular complexity index is 971. The van der Waals surface area contributed by atoms with Crippen LogP contribution in [0.4, 0.5) is 11.6 Å². The van der Waals surface area contributed by atoms with Gasteiger partial charge in [0.15, 0.2) is 28.4 Å². The second kappa shape index (κ2) is 10.9. The van der Waals surface area contributed by atoms with Crippen LogP contribution in [0.1, 0.15) is 28.9 Å². The van der Waals surface area contributed by atoms with Gasteiger partial charge in [0.2, 0.25) is 0 Å². The largest absolute Gasteiger partial charge is 0.491 e. The zero-order chi connectivity index (χ0) is 23.1. The number of nitrogens with zero attached hydrogens (tertiary/aromatic N) is 3. The summed E-state index contributed by atoms with van der Waals surface area (Å²) in [4.78, 5) is 24.3. The second-order valence-corrected chi connectivity index (χ2v) is 7.66. The number of aliphatic hydroxyl groups excluding tert-OH is 2. The molecule has 32 heavy (non-hydrogen) atoms. The van der Waals surface area contributed by atoms with E-state index in [1.165, 1.54) is 0 Å². The molecule has 1 aliphatic rings. The standard InChI is InChI=1S/C20H26ClN7O4/c21-16-18(23)27-17(22)15(26-16)19(31)28-20-24-8-12(25-20)3-1-2-11-4-6-14(7-5-11)32-10-13(30)9-29/h4-7,12-13,29-30H,1-3,8-10H2,(H4,22,23,27)(H2,24,25,28,31). The first-order valence-corrected chi connectivity index (χ1v) is 10.4. The van der Waals surface area contributed by atoms with Gasteiger partial charge in [-0.25, -0.2) is 9.97 Å². The summed E-state index contributed by atoms with van der Waals surface area (Å²) in [5.74, 6) is 0.263. The molecular weight excluding hydrogens is 438 g/mol. The highest BCUT2D eigenvalue weighted by Gasteiger charge is 2.22. The number of hydrogen-bond acceptors (Lipinski definition) is 10. The molecule has 11 nitrogen and oxygen atoms in total. The Kier molecular flexibility index (Phi) is 8.03. The molecule has 0 saturated heterocycles. The molecule has 0 bridgehead atoms. The zero-order valence-electron chi connectivity index (χ0n) is 17.3. The van der Waals surface area contributed by atoms with Gasteiger partial charge < -0.3 is 31.7 Å². The van der Waals surface area contributed by atoms with E-state index in [1.807, 2.05) is 24.3 Å². The van der Waals surface area contributed by atoms with Crippen LogP contribution in [0.5, 0.6) is 5.75 Å². The highest BCUT2D eigenvalue weighted by atomic mass is 35.5. The second-order valence-electron chi connectivity index (χ2n) is 7.30. The number of benzene rings is 1. The number of amides is 1. The Labute approximate surface area is 189 Å². The number of aryl methyl sites for hydroxylation is 1. The number of nitrogens with two attached hydrogens (primary N) is 2. The molecule has 2 aromatic rings. The summed E-state index contributed by atoms with van der Waals surface area (Å²) >= 11 is 5.81. The van der Waals surface area contributed by atoms with E-state index < -0.39 is 12.0 Å². The summed E-state index contributed by atoms with van der Waals surface area (Å²) in [6.07, 6.45) is 1.76. The van der Waals surface area contributed by atoms with Crippen LogP contribution in [0.3, 0.4) is 0 Å². The van der Waals surface area contributed by atoms with E-state index in [1.54, 1.807) is 0 Å². The fourth-order valence-electron chi connectivity index (χ4n) is 3.05. The number of nitrogens with one attached hydrogen (secondary N) is 2. The van der Waals surface area contributed by atoms with Crippen molar-refractivity contribution in [1.29, 1.82) is 0 Å². The molecule has 1 amide bonds. The van der Waals surface area contributed by atoms with Gasteiger partial charge in [-0.2, -0.15) is 0 Å². The fraction of sp³-hybridized carbons (Fsp3) is 0.400. The van der Waals surface area contributed by atoms with Crippen molar-refractivity contribution in [2.24, 2.45) is 4.99 Å². The van der Waals surface area contributed by atoms with Gasteiger partial charge in [0.25, 0.3) is 5.91 Å². The summed E-state index contributed by atoms with van der Waals surface area (Å²) < 4.78 is 5.40. The summed E-state index contributed by atoms with van der Waals surface area (Å²) in [5, 5.41) is 23.8. The van der Waals surface area contributed by atoms with Gasteiger partial charge in [-0.05, 0) is 37.0 Å². The smallest absolute Gasteiger partial charge is 0.280 e. The quantitative estimate of drug-likeness (QED) is 0.300. The number of anilines is 2. The summed E-state index contributed by atoms with van der Waals surface area (Å²) in [6, 6.07) is 7.71. The molecule has 2 atom stereocenters. The number of hydrogen-bond donors (Lipinski definition) is 6. The van der Waals surface area contributed by atoms with Crippen molar-refractivity contribution in [1.82, 2.24) is 20.6 Å². The van der Waals surface area contributed by atoms with Crippen molar-refractivity contribution >= 4 is 35.1 Å². The van der Waals surface area contributed by atoms with E-state index in [9.17, 15) is 9.90 Å². The minimum Gasteiger partial charge on any atom is -0.491 e. The third-order valence-electron chi connectivity index (χ3n) is 4.76. The Balaban J connectivity index is 1.40. The van der Waals surface area contributed by atoms with E-state index >= 15 is 0 Å². The van der Waals surface area contributed by atoms with Crippen LogP contribution in [-0.4, -0.2) is 64.0 Å². The lowest BCUT2D eigenvalue weighted by Gasteiger charge is -2.13. The number of carbonyl (C=O) groups is 1. The van der Waals surface area contributed by atoms with E-state index in [2.05, 4.69) is 25.6 Å². The average molecular weight is 464 g/mol. The number of rotatable bonds is 9. The minimum absolute atomic E-state index is 0.0419. The number of ether oxygens (including phenoxy) is 1. The number of nitrogen functional groups attached to an aromatic ring is 2. The van der Waals surface area contributed by atoms with Crippen LogP contribution in [0.15, 0.2) is 29.3 Å². The molecule has 0 aliphatic carbocycles. The monoisotopic (exact) mass is 463 g/mol. The van der Waals surface area contributed by atoms with Gasteiger partial charge in [0.05, 0.1) is 13.2 Å². The molecular formula is C20H26ClN7O4. The number of aliphatic imine (C=N–C) groups is 1. The van der Waals surface area contributed by atoms with Crippen LogP contribution >= 0.6 is 11.6 Å². The van der Waals surface area contributed by atoms with E-state index in [0.29, 0.717) is 18.3 Å². The van der Waals surface area contributed by atoms with Gasteiger partial charge in [-0.15, -0.1) is 0 Å². The maximum atomic E-state index is 12.4. The molecule has 0 radical (unpaired) electrons. The third kappa shape index (κ3) is 6.42. The van der Waals surface area contributed by atoms with Crippen molar-refractivity contribution in [3.05, 3.63) is 40.7 Å². The first kappa shape index (κ1) is 23.5. The molecule has 1 aliphatic heterocycles. The molecule has 1 aromatic heterocycles. The normalized spacial score (nSPS) is 16.2. The van der Waals surface area contributed by atoms with Gasteiger partial charge in [0.1, 0.15) is 18.5 Å². The number of guanidine groups is 1. The predicted octanol–water partition coefficient (Wildman–Crippen LogP) is 0.107. The number of aliphatic hydroxyl groups is 2. The molecule has 0 spiro atoms. The van der Waals surface area contributed by atoms with E-state index in [0.717, 1.165) is 24.8 Å². The van der Waals surface area contributed by atoms with Crippen LogP contribution in [0.25, 0.3) is 0 Å². The molecule has 172 valence electrons. The predicted molar refractivity (Wildman–Crippen MR) is 121 cm³/mol. The first-order chi connectivity index (χ1) is 15.4. The molecule has 2 unspecified atom stereocenters. The maximum absolute atomic E-state index is 12.4. The van der Waals surface area contributed by atoms with Gasteiger partial charge in [-0.1, -0.05) is 23.7 Å². The van der Waals surface area contributed by atoms with Crippen molar-refractivity contribution in [2.75, 3.05) is 31.2 Å². The Hall–Kier alpha value is -3.15. The number of halogens is 1. The number of carbonyl (C=O) groups excluding carboxylic acids is 1. The van der Waals surface area contributed by atoms with Crippen molar-refractivity contribution in [3.63, 3.8) is 0 Å². The Morgan fingerprint density at radius 3 is 2.75 bits per heavy atom. The average Bonchev–Trinajstić information content (AvgIpc) is 3.22. The summed E-state index contributed by atoms with van der Waals surface area (Å²) in [6.45, 7) is 0.256. The lowest BCUT2D eigenvalue weighted by molar-refractivity contribution is 0.0536. The van der Waals surface area contributed by atoms with Crippen LogP contribution in [0.2, 0.25) is 5.15 Å². The van der Waals surface area contributed by atoms with Gasteiger partial charge in [0, 0.05) is 6.04 Å². The molecule has 2 heterocycles. The highest BCUT2D eigenvalue weighted by molar-refractivity contribution is 6.31. The lowest BCUT2D eigenvalue weighted by Crippen LogP contribution is -2.42. The zero-order valence-corrected chi connectivity index (χ0v) is 18.0. The molecule has 3 rings (SSSR count). The van der Waals surface area contributed by atoms with Gasteiger partial charge in [-0.3, -0.25) is 15.1 Å². The number of aromatic nitrogens is 2. The summed E-state index contributed by atoms with van der Waals surface area (Å²) in [7, 11) is 0. The molecule has 0 saturated carbocycles. The Morgan fingerprint density at radius 1 is 1.28 bits per heavy atom. The molecule has 12 heteroatoms. The van der Waals surface area contributed by atoms with Crippen molar-refractivity contribution in [3.8, 4) is 5.75 Å². The Morgan fingerprint density at radius 2 is 2.03 bits per heavy atom. The fourth-order valence-corrected chi connectivity index (χ4v) is 3.18. The first-order valence-electron chi connectivity index (χ1n) is 10.1. The summed E-state index contributed by atoms with van der Waals surface area (Å²) in [5.41, 5.74) is 12.3. The SMILES string of the molecule is Nc1nc(N)c(C(=O)NC2=NCC(CCCc3ccc(OCC(O)CO)cc3)N2)nc1Cl. The van der Waals surface area contributed by atoms with Crippen LogP contribution in [-0.2, 0) is 6.42 Å². The van der Waals surface area contributed by atoms with Gasteiger partial charge >= 0.3 is 0 Å². The highest BCUT2D eigenvalue weighted by Crippen LogP contribution is 2.18. The molecule has 0 fully saturated rings. The van der Waals surface area contributed by atoms with Crippen molar-refractivity contribution in [2.45, 2.75) is 31.4 Å². The lowest BCUT2D eigenvalue weighted by atomic mass is 10.0. The van der Waals surface area contributed by atoms with E-state index in [-0.39, 0.29) is 41.7 Å². The third-order valence-corrected chi connectivity index (χ3v) is 5.04. The van der Waals surface area contributed by atoms with Crippen LogP contribution in [0, 0.1) is 0 Å². The minimum atomic E-state index is -0.889. The van der Waals surface area contributed by atoms with Crippen molar-refractivity contribution < 1.29 is 19.7 Å².